The number of rotatable bonds is 5. The van der Waals surface area contributed by atoms with Gasteiger partial charge in [-0.2, -0.15) is 0 Å². The molecule has 0 saturated carbocycles. The highest BCUT2D eigenvalue weighted by atomic mass is 19.1. The Bertz CT molecular complexity index is 777. The SMILES string of the molecule is COc1ccccc1N1CCN(C(=O)COc2ccc(F)cc2F)CC1. The molecule has 3 rings (SSSR count). The van der Waals surface area contributed by atoms with Crippen molar-refractivity contribution in [2.24, 2.45) is 0 Å². The number of amides is 1. The van der Waals surface area contributed by atoms with Crippen molar-refractivity contribution >= 4 is 11.6 Å². The van der Waals surface area contributed by atoms with Crippen molar-refractivity contribution in [1.29, 1.82) is 0 Å². The van der Waals surface area contributed by atoms with Crippen LogP contribution in [0.2, 0.25) is 0 Å². The number of nitrogens with zero attached hydrogens (tertiary/aromatic N) is 2. The molecule has 1 saturated heterocycles. The molecule has 0 spiro atoms. The number of benzene rings is 2. The van der Waals surface area contributed by atoms with Gasteiger partial charge in [-0.15, -0.1) is 0 Å². The van der Waals surface area contributed by atoms with E-state index in [0.29, 0.717) is 26.2 Å². The summed E-state index contributed by atoms with van der Waals surface area (Å²) in [7, 11) is 1.63. The van der Waals surface area contributed by atoms with Crippen LogP contribution in [0.5, 0.6) is 11.5 Å². The van der Waals surface area contributed by atoms with E-state index in [9.17, 15) is 13.6 Å². The van der Waals surface area contributed by atoms with E-state index in [1.165, 1.54) is 6.07 Å². The minimum Gasteiger partial charge on any atom is -0.495 e. The van der Waals surface area contributed by atoms with Crippen LogP contribution in [0.3, 0.4) is 0 Å². The highest BCUT2D eigenvalue weighted by molar-refractivity contribution is 5.78. The van der Waals surface area contributed by atoms with Crippen LogP contribution in [0.1, 0.15) is 0 Å². The van der Waals surface area contributed by atoms with Gasteiger partial charge in [-0.25, -0.2) is 8.78 Å². The topological polar surface area (TPSA) is 42.0 Å². The standard InChI is InChI=1S/C19H20F2N2O3/c1-25-18-5-3-2-4-16(18)22-8-10-23(11-9-22)19(24)13-26-17-7-6-14(20)12-15(17)21/h2-7,12H,8-11,13H2,1H3. The molecule has 0 aromatic heterocycles. The van der Waals surface area contributed by atoms with E-state index in [0.717, 1.165) is 23.6 Å². The Labute approximate surface area is 150 Å². The number of anilines is 1. The second-order valence-electron chi connectivity index (χ2n) is 5.90. The minimum atomic E-state index is -0.821. The summed E-state index contributed by atoms with van der Waals surface area (Å²) in [5.41, 5.74) is 0.992. The fraction of sp³-hybridized carbons (Fsp3) is 0.316. The Morgan fingerprint density at radius 3 is 2.46 bits per heavy atom. The summed E-state index contributed by atoms with van der Waals surface area (Å²) in [6, 6.07) is 10.7. The maximum Gasteiger partial charge on any atom is 0.260 e. The van der Waals surface area contributed by atoms with Crippen molar-refractivity contribution in [2.75, 3.05) is 44.8 Å². The number of methoxy groups -OCH3 is 1. The van der Waals surface area contributed by atoms with Crippen molar-refractivity contribution < 1.29 is 23.0 Å². The molecule has 1 amide bonds. The average Bonchev–Trinajstić information content (AvgIpc) is 2.67. The number of piperazine rings is 1. The van der Waals surface area contributed by atoms with Crippen LogP contribution >= 0.6 is 0 Å². The first kappa shape index (κ1) is 18.0. The van der Waals surface area contributed by atoms with Crippen molar-refractivity contribution in [1.82, 2.24) is 4.90 Å². The third-order valence-corrected chi connectivity index (χ3v) is 4.30. The van der Waals surface area contributed by atoms with Crippen LogP contribution < -0.4 is 14.4 Å². The molecule has 1 fully saturated rings. The molecule has 0 N–H and O–H groups in total. The van der Waals surface area contributed by atoms with Gasteiger partial charge in [-0.05, 0) is 24.3 Å². The third kappa shape index (κ3) is 4.04. The van der Waals surface area contributed by atoms with Crippen molar-refractivity contribution in [3.63, 3.8) is 0 Å². The van der Waals surface area contributed by atoms with Gasteiger partial charge < -0.3 is 19.3 Å². The largest absolute Gasteiger partial charge is 0.495 e. The predicted molar refractivity (Wildman–Crippen MR) is 93.6 cm³/mol. The van der Waals surface area contributed by atoms with Gasteiger partial charge in [0.2, 0.25) is 0 Å². The Kier molecular flexibility index (Phi) is 5.55. The predicted octanol–water partition coefficient (Wildman–Crippen LogP) is 2.70. The molecule has 1 aliphatic rings. The monoisotopic (exact) mass is 362 g/mol. The smallest absolute Gasteiger partial charge is 0.260 e. The lowest BCUT2D eigenvalue weighted by Crippen LogP contribution is -2.50. The molecule has 5 nitrogen and oxygen atoms in total. The summed E-state index contributed by atoms with van der Waals surface area (Å²) in [6.07, 6.45) is 0. The molecule has 2 aromatic rings. The Morgan fingerprint density at radius 2 is 1.77 bits per heavy atom. The number of hydrogen-bond acceptors (Lipinski definition) is 4. The quantitative estimate of drug-likeness (QED) is 0.820. The number of halogens is 2. The first-order chi connectivity index (χ1) is 12.6. The fourth-order valence-electron chi connectivity index (χ4n) is 2.91. The van der Waals surface area contributed by atoms with Crippen LogP contribution in [0, 0.1) is 11.6 Å². The van der Waals surface area contributed by atoms with Gasteiger partial charge in [0, 0.05) is 32.2 Å². The van der Waals surface area contributed by atoms with E-state index in [1.807, 2.05) is 24.3 Å². The number of para-hydroxylation sites is 2. The van der Waals surface area contributed by atoms with Gasteiger partial charge in [0.25, 0.3) is 5.91 Å². The molecule has 0 unspecified atom stereocenters. The van der Waals surface area contributed by atoms with Gasteiger partial charge in [-0.3, -0.25) is 4.79 Å². The molecule has 26 heavy (non-hydrogen) atoms. The summed E-state index contributed by atoms with van der Waals surface area (Å²) in [6.45, 7) is 2.11. The van der Waals surface area contributed by atoms with Gasteiger partial charge >= 0.3 is 0 Å². The van der Waals surface area contributed by atoms with Crippen molar-refractivity contribution in [3.8, 4) is 11.5 Å². The number of hydrogen-bond donors (Lipinski definition) is 0. The van der Waals surface area contributed by atoms with Crippen LogP contribution in [0.4, 0.5) is 14.5 Å². The number of ether oxygens (including phenoxy) is 2. The van der Waals surface area contributed by atoms with Gasteiger partial charge in [0.15, 0.2) is 18.2 Å². The van der Waals surface area contributed by atoms with Crippen LogP contribution in [0.25, 0.3) is 0 Å². The molecule has 138 valence electrons. The minimum absolute atomic E-state index is 0.132. The summed E-state index contributed by atoms with van der Waals surface area (Å²) in [4.78, 5) is 16.1. The lowest BCUT2D eigenvalue weighted by atomic mass is 10.2. The van der Waals surface area contributed by atoms with E-state index < -0.39 is 11.6 Å². The van der Waals surface area contributed by atoms with E-state index in [2.05, 4.69) is 4.90 Å². The lowest BCUT2D eigenvalue weighted by molar-refractivity contribution is -0.133. The molecule has 0 bridgehead atoms. The Hall–Kier alpha value is -2.83. The normalized spacial score (nSPS) is 14.3. The highest BCUT2D eigenvalue weighted by Gasteiger charge is 2.23. The molecule has 1 aliphatic heterocycles. The third-order valence-electron chi connectivity index (χ3n) is 4.30. The highest BCUT2D eigenvalue weighted by Crippen LogP contribution is 2.28. The molecule has 2 aromatic carbocycles. The maximum atomic E-state index is 13.5. The fourth-order valence-corrected chi connectivity index (χ4v) is 2.91. The molecule has 0 atom stereocenters. The second kappa shape index (κ2) is 8.03. The summed E-state index contributed by atoms with van der Waals surface area (Å²) in [5, 5.41) is 0. The second-order valence-corrected chi connectivity index (χ2v) is 5.90. The zero-order valence-electron chi connectivity index (χ0n) is 14.5. The molecule has 0 aliphatic carbocycles. The first-order valence-corrected chi connectivity index (χ1v) is 8.32. The zero-order chi connectivity index (χ0) is 18.5. The molecule has 1 heterocycles. The average molecular weight is 362 g/mol. The van der Waals surface area contributed by atoms with Crippen LogP contribution in [0.15, 0.2) is 42.5 Å². The Balaban J connectivity index is 1.53. The summed E-state index contributed by atoms with van der Waals surface area (Å²) in [5.74, 6) is -1.07. The van der Waals surface area contributed by atoms with Gasteiger partial charge in [0.1, 0.15) is 11.6 Å². The van der Waals surface area contributed by atoms with Crippen molar-refractivity contribution in [2.45, 2.75) is 0 Å². The van der Waals surface area contributed by atoms with Gasteiger partial charge in [-0.1, -0.05) is 12.1 Å². The van der Waals surface area contributed by atoms with Crippen molar-refractivity contribution in [3.05, 3.63) is 54.1 Å². The van der Waals surface area contributed by atoms with E-state index in [1.54, 1.807) is 12.0 Å². The molecule has 0 radical (unpaired) electrons. The summed E-state index contributed by atoms with van der Waals surface area (Å²) >= 11 is 0. The number of carbonyl (C=O) groups excluding carboxylic acids is 1. The van der Waals surface area contributed by atoms with Crippen LogP contribution in [-0.4, -0.2) is 50.7 Å². The lowest BCUT2D eigenvalue weighted by Gasteiger charge is -2.36. The Morgan fingerprint density at radius 1 is 1.04 bits per heavy atom. The molecular weight excluding hydrogens is 342 g/mol. The maximum absolute atomic E-state index is 13.5. The van der Waals surface area contributed by atoms with Crippen LogP contribution in [-0.2, 0) is 4.79 Å². The molecule has 7 heteroatoms. The summed E-state index contributed by atoms with van der Waals surface area (Å²) < 4.78 is 37.0. The number of carbonyl (C=O) groups is 1. The van der Waals surface area contributed by atoms with E-state index in [-0.39, 0.29) is 18.3 Å². The first-order valence-electron chi connectivity index (χ1n) is 8.32. The van der Waals surface area contributed by atoms with Gasteiger partial charge in [0.05, 0.1) is 12.8 Å². The van der Waals surface area contributed by atoms with E-state index in [4.69, 9.17) is 9.47 Å². The molecular formula is C19H20F2N2O3. The zero-order valence-corrected chi connectivity index (χ0v) is 14.5. The van der Waals surface area contributed by atoms with E-state index >= 15 is 0 Å².